The summed E-state index contributed by atoms with van der Waals surface area (Å²) in [5.41, 5.74) is 0. The van der Waals surface area contributed by atoms with E-state index >= 15 is 0 Å². The van der Waals surface area contributed by atoms with Gasteiger partial charge in [-0.05, 0) is 46.3 Å². The molecule has 0 aromatic rings. The second-order valence-corrected chi connectivity index (χ2v) is 4.79. The largest absolute Gasteiger partial charge is 0.314 e. The Morgan fingerprint density at radius 2 is 2.14 bits per heavy atom. The number of rotatable bonds is 5. The van der Waals surface area contributed by atoms with Crippen LogP contribution in [0, 0.1) is 0 Å². The highest BCUT2D eigenvalue weighted by molar-refractivity contribution is 4.78. The smallest absolute Gasteiger partial charge is 0.0104 e. The summed E-state index contributed by atoms with van der Waals surface area (Å²) in [6.07, 6.45) is 8.15. The van der Waals surface area contributed by atoms with E-state index in [1.165, 1.54) is 45.1 Å². The summed E-state index contributed by atoms with van der Waals surface area (Å²) in [4.78, 5) is 2.39. The highest BCUT2D eigenvalue weighted by Crippen LogP contribution is 2.16. The molecule has 14 heavy (non-hydrogen) atoms. The molecule has 1 aliphatic heterocycles. The van der Waals surface area contributed by atoms with Gasteiger partial charge in [-0.2, -0.15) is 0 Å². The summed E-state index contributed by atoms with van der Waals surface area (Å²) in [6, 6.07) is 1.55. The first-order valence-corrected chi connectivity index (χ1v) is 6.13. The molecule has 0 amide bonds. The van der Waals surface area contributed by atoms with Crippen molar-refractivity contribution in [3.63, 3.8) is 0 Å². The molecule has 2 atom stereocenters. The van der Waals surface area contributed by atoms with Crippen LogP contribution in [0.3, 0.4) is 0 Å². The van der Waals surface area contributed by atoms with Gasteiger partial charge in [0.05, 0.1) is 0 Å². The molecule has 1 aliphatic rings. The number of nitrogens with zero attached hydrogens (tertiary/aromatic N) is 1. The Bertz CT molecular complexity index is 139. The zero-order chi connectivity index (χ0) is 10.4. The van der Waals surface area contributed by atoms with E-state index in [0.29, 0.717) is 0 Å². The Balaban J connectivity index is 2.29. The molecule has 1 heterocycles. The quantitative estimate of drug-likeness (QED) is 0.729. The van der Waals surface area contributed by atoms with Crippen molar-refractivity contribution < 1.29 is 0 Å². The molecular formula is C12H26N2. The normalized spacial score (nSPS) is 25.3. The van der Waals surface area contributed by atoms with Crippen molar-refractivity contribution in [1.29, 1.82) is 0 Å². The molecule has 0 aliphatic carbocycles. The lowest BCUT2D eigenvalue weighted by Crippen LogP contribution is -2.40. The SMILES string of the molecule is CCCC(CC1CCCCN1)N(C)C. The minimum Gasteiger partial charge on any atom is -0.314 e. The van der Waals surface area contributed by atoms with E-state index < -0.39 is 0 Å². The predicted octanol–water partition coefficient (Wildman–Crippen LogP) is 2.25. The van der Waals surface area contributed by atoms with Gasteiger partial charge in [0.2, 0.25) is 0 Å². The molecule has 2 heteroatoms. The summed E-state index contributed by atoms with van der Waals surface area (Å²) in [6.45, 7) is 3.52. The molecule has 1 rings (SSSR count). The average Bonchev–Trinajstić information content (AvgIpc) is 2.18. The summed E-state index contributed by atoms with van der Waals surface area (Å²) >= 11 is 0. The first kappa shape index (κ1) is 12.0. The maximum atomic E-state index is 3.64. The first-order valence-electron chi connectivity index (χ1n) is 6.13. The van der Waals surface area contributed by atoms with Crippen LogP contribution in [0.15, 0.2) is 0 Å². The minimum atomic E-state index is 0.774. The van der Waals surface area contributed by atoms with Crippen molar-refractivity contribution in [2.24, 2.45) is 0 Å². The maximum Gasteiger partial charge on any atom is 0.0104 e. The van der Waals surface area contributed by atoms with Crippen LogP contribution >= 0.6 is 0 Å². The third-order valence-corrected chi connectivity index (χ3v) is 3.32. The molecule has 1 N–H and O–H groups in total. The molecule has 0 aromatic carbocycles. The van der Waals surface area contributed by atoms with Gasteiger partial charge in [0.25, 0.3) is 0 Å². The fourth-order valence-corrected chi connectivity index (χ4v) is 2.37. The van der Waals surface area contributed by atoms with Crippen molar-refractivity contribution in [3.8, 4) is 0 Å². The van der Waals surface area contributed by atoms with Gasteiger partial charge in [0, 0.05) is 12.1 Å². The van der Waals surface area contributed by atoms with Gasteiger partial charge in [-0.3, -0.25) is 0 Å². The molecule has 2 nitrogen and oxygen atoms in total. The molecule has 1 fully saturated rings. The van der Waals surface area contributed by atoms with Crippen LogP contribution in [-0.2, 0) is 0 Å². The minimum absolute atomic E-state index is 0.774. The summed E-state index contributed by atoms with van der Waals surface area (Å²) in [5.74, 6) is 0. The molecule has 0 spiro atoms. The number of piperidine rings is 1. The molecular weight excluding hydrogens is 172 g/mol. The molecule has 0 radical (unpaired) electrons. The molecule has 1 saturated heterocycles. The highest BCUT2D eigenvalue weighted by Gasteiger charge is 2.18. The summed E-state index contributed by atoms with van der Waals surface area (Å²) < 4.78 is 0. The Labute approximate surface area is 89.1 Å². The van der Waals surface area contributed by atoms with Gasteiger partial charge in [-0.1, -0.05) is 19.8 Å². The Morgan fingerprint density at radius 3 is 2.64 bits per heavy atom. The number of hydrogen-bond donors (Lipinski definition) is 1. The van der Waals surface area contributed by atoms with E-state index in [9.17, 15) is 0 Å². The molecule has 2 unspecified atom stereocenters. The van der Waals surface area contributed by atoms with Crippen LogP contribution in [0.5, 0.6) is 0 Å². The average molecular weight is 198 g/mol. The molecule has 0 aromatic heterocycles. The number of nitrogens with one attached hydrogen (secondary N) is 1. The zero-order valence-electron chi connectivity index (χ0n) is 10.1. The Hall–Kier alpha value is -0.0800. The third kappa shape index (κ3) is 3.97. The third-order valence-electron chi connectivity index (χ3n) is 3.32. The Kier molecular flexibility index (Phi) is 5.49. The highest BCUT2D eigenvalue weighted by atomic mass is 15.1. The lowest BCUT2D eigenvalue weighted by atomic mass is 9.95. The summed E-state index contributed by atoms with van der Waals surface area (Å²) in [7, 11) is 4.42. The van der Waals surface area contributed by atoms with Gasteiger partial charge < -0.3 is 10.2 Å². The summed E-state index contributed by atoms with van der Waals surface area (Å²) in [5, 5.41) is 3.64. The fourth-order valence-electron chi connectivity index (χ4n) is 2.37. The van der Waals surface area contributed by atoms with Crippen LogP contribution in [-0.4, -0.2) is 37.6 Å². The standard InChI is InChI=1S/C12H26N2/c1-4-7-12(14(2)3)10-11-8-5-6-9-13-11/h11-13H,4-10H2,1-3H3. The molecule has 84 valence electrons. The van der Waals surface area contributed by atoms with Crippen LogP contribution in [0.2, 0.25) is 0 Å². The predicted molar refractivity (Wildman–Crippen MR) is 62.6 cm³/mol. The van der Waals surface area contributed by atoms with Gasteiger partial charge >= 0.3 is 0 Å². The lowest BCUT2D eigenvalue weighted by molar-refractivity contribution is 0.225. The van der Waals surface area contributed by atoms with Crippen molar-refractivity contribution in [2.75, 3.05) is 20.6 Å². The topological polar surface area (TPSA) is 15.3 Å². The lowest BCUT2D eigenvalue weighted by Gasteiger charge is -2.31. The van der Waals surface area contributed by atoms with Crippen LogP contribution in [0.4, 0.5) is 0 Å². The maximum absolute atomic E-state index is 3.64. The van der Waals surface area contributed by atoms with Crippen molar-refractivity contribution in [3.05, 3.63) is 0 Å². The van der Waals surface area contributed by atoms with Crippen molar-refractivity contribution in [1.82, 2.24) is 10.2 Å². The van der Waals surface area contributed by atoms with E-state index in [1.807, 2.05) is 0 Å². The van der Waals surface area contributed by atoms with Gasteiger partial charge in [0.1, 0.15) is 0 Å². The van der Waals surface area contributed by atoms with Crippen LogP contribution in [0.25, 0.3) is 0 Å². The van der Waals surface area contributed by atoms with Crippen LogP contribution in [0.1, 0.15) is 45.4 Å². The molecule has 0 bridgehead atoms. The van der Waals surface area contributed by atoms with E-state index in [0.717, 1.165) is 12.1 Å². The molecule has 0 saturated carbocycles. The number of hydrogen-bond acceptors (Lipinski definition) is 2. The fraction of sp³-hybridized carbons (Fsp3) is 1.00. The second-order valence-electron chi connectivity index (χ2n) is 4.79. The van der Waals surface area contributed by atoms with Gasteiger partial charge in [0.15, 0.2) is 0 Å². The second kappa shape index (κ2) is 6.41. The van der Waals surface area contributed by atoms with Crippen molar-refractivity contribution >= 4 is 0 Å². The van der Waals surface area contributed by atoms with E-state index in [-0.39, 0.29) is 0 Å². The van der Waals surface area contributed by atoms with Crippen molar-refractivity contribution in [2.45, 2.75) is 57.5 Å². The Morgan fingerprint density at radius 1 is 1.36 bits per heavy atom. The van der Waals surface area contributed by atoms with Crippen LogP contribution < -0.4 is 5.32 Å². The van der Waals surface area contributed by atoms with E-state index in [1.54, 1.807) is 0 Å². The zero-order valence-corrected chi connectivity index (χ0v) is 10.1. The van der Waals surface area contributed by atoms with E-state index in [4.69, 9.17) is 0 Å². The monoisotopic (exact) mass is 198 g/mol. The van der Waals surface area contributed by atoms with Gasteiger partial charge in [-0.15, -0.1) is 0 Å². The first-order chi connectivity index (χ1) is 6.74. The van der Waals surface area contributed by atoms with Gasteiger partial charge in [-0.25, -0.2) is 0 Å². The van der Waals surface area contributed by atoms with E-state index in [2.05, 4.69) is 31.2 Å².